The van der Waals surface area contributed by atoms with Gasteiger partial charge in [0, 0.05) is 201 Å². The summed E-state index contributed by atoms with van der Waals surface area (Å²) in [7, 11) is 0. The summed E-state index contributed by atoms with van der Waals surface area (Å²) in [6.07, 6.45) is 23.9. The number of phenols is 4. The molecule has 2 aliphatic carbocycles. The molecule has 0 aromatic heterocycles. The molecule has 2 fully saturated rings. The quantitative estimate of drug-likeness (QED) is 0.0499. The molecule has 2 aliphatic rings. The average Bonchev–Trinajstić information content (AvgIpc) is 0.776. The van der Waals surface area contributed by atoms with Gasteiger partial charge in [-0.25, -0.2) is 0 Å². The van der Waals surface area contributed by atoms with Gasteiger partial charge in [0.05, 0.1) is 24.2 Å². The van der Waals surface area contributed by atoms with E-state index in [1.165, 1.54) is 22.3 Å². The van der Waals surface area contributed by atoms with Crippen LogP contribution in [0.15, 0.2) is 68.5 Å². The number of aromatic hydroxyl groups is 4. The van der Waals surface area contributed by atoms with Gasteiger partial charge in [0.1, 0.15) is 23.0 Å². The van der Waals surface area contributed by atoms with Gasteiger partial charge < -0.3 is 31.4 Å². The maximum Gasteiger partial charge on any atom is 0.128 e. The minimum atomic E-state index is -0.227. The van der Waals surface area contributed by atoms with Crippen LogP contribution in [0.5, 0.6) is 23.0 Å². The van der Waals surface area contributed by atoms with Crippen LogP contribution in [0.2, 0.25) is 0 Å². The van der Waals surface area contributed by atoms with Gasteiger partial charge in [0.2, 0.25) is 0 Å². The van der Waals surface area contributed by atoms with E-state index in [2.05, 4.69) is 325 Å². The van der Waals surface area contributed by atoms with Crippen molar-refractivity contribution in [1.82, 2.24) is 0 Å². The summed E-state index contributed by atoms with van der Waals surface area (Å²) < 4.78 is 0. The van der Waals surface area contributed by atoms with E-state index in [4.69, 9.17) is 29.9 Å². The van der Waals surface area contributed by atoms with E-state index < -0.39 is 0 Å². The summed E-state index contributed by atoms with van der Waals surface area (Å²) in [5.74, 6) is 1.39. The number of phenolic OH excluding ortho intramolecular Hbond substituents is 4. The van der Waals surface area contributed by atoms with Crippen LogP contribution < -0.4 is 0 Å². The van der Waals surface area contributed by atoms with Crippen LogP contribution in [0.1, 0.15) is 446 Å². The Labute approximate surface area is 827 Å². The smallest absolute Gasteiger partial charge is 0.128 e. The van der Waals surface area contributed by atoms with Crippen LogP contribution in [0.25, 0.3) is 0 Å². The van der Waals surface area contributed by atoms with Crippen LogP contribution in [0.3, 0.4) is 0 Å². The summed E-state index contributed by atoms with van der Waals surface area (Å²) in [4.78, 5) is 35.0. The van der Waals surface area contributed by atoms with Gasteiger partial charge in [0.25, 0.3) is 0 Å². The van der Waals surface area contributed by atoms with Crippen molar-refractivity contribution in [3.63, 3.8) is 0 Å². The van der Waals surface area contributed by atoms with Crippen LogP contribution in [-0.4, -0.2) is 80.4 Å². The van der Waals surface area contributed by atoms with Crippen LogP contribution in [-0.2, 0) is 76.9 Å². The van der Waals surface area contributed by atoms with Gasteiger partial charge in [-0.1, -0.05) is 327 Å². The Morgan fingerprint density at radius 2 is 0.375 bits per heavy atom. The van der Waals surface area contributed by atoms with Crippen molar-refractivity contribution in [2.75, 3.05) is 0 Å². The van der Waals surface area contributed by atoms with Gasteiger partial charge in [-0.2, -0.15) is 0 Å². The molecular formula is C104H176Ac2Co2N4O8. The molecule has 0 bridgehead atoms. The van der Waals surface area contributed by atoms with Gasteiger partial charge >= 0.3 is 0 Å². The SMILES string of the molecule is CC(C)(C)CC(C)(C)c1cc(C=N[C@H]2CCCC[C@@H]2N=Cc2cc(C(C)(C)CC(C)(C)C)cc(C(C)(C)CC(C)(C)C)c2O)c(O)c(C(C)(C)CC(C)(C)C)c1.CC(C)(C)CC(C)(C)c1cc(C=N[C@H]2CCCC[C@@H]2N=Cc2cc(C(C)(C)CC(C)(C)C)cc(C(C)(C)CC(C)(C)C)c2O)c(O)c(C(C)(C)CC(C)(C)C)c1.O.O.O=O.[Ac].[Ac].[Co].[Co]. The number of benzene rings is 4. The number of rotatable bonds is 24. The first-order valence-corrected chi connectivity index (χ1v) is 43.9. The van der Waals surface area contributed by atoms with Crippen molar-refractivity contribution in [2.24, 2.45) is 63.3 Å². The Bertz CT molecular complexity index is 3480. The predicted molar refractivity (Wildman–Crippen MR) is 506 cm³/mol. The summed E-state index contributed by atoms with van der Waals surface area (Å²) in [5, 5.41) is 48.0. The first kappa shape index (κ1) is 122. The van der Waals surface area contributed by atoms with Gasteiger partial charge in [-0.05, 0) is 210 Å². The fraction of sp³-hybridized carbons (Fsp3) is 0.731. The van der Waals surface area contributed by atoms with E-state index in [1.807, 2.05) is 24.9 Å². The summed E-state index contributed by atoms with van der Waals surface area (Å²) in [6, 6.07) is 17.8. The van der Waals surface area contributed by atoms with Crippen molar-refractivity contribution >= 4 is 24.9 Å². The maximum absolute atomic E-state index is 12.0. The Balaban J connectivity index is -0.00000213. The molecule has 16 heteroatoms. The maximum atomic E-state index is 12.0. The van der Waals surface area contributed by atoms with Crippen LogP contribution >= 0.6 is 0 Å². The molecule has 12 nitrogen and oxygen atoms in total. The van der Waals surface area contributed by atoms with E-state index in [0.717, 1.165) is 147 Å². The molecular weight excluding hydrogens is 2010 g/mol. The minimum absolute atomic E-state index is 0. The molecule has 2 saturated carbocycles. The van der Waals surface area contributed by atoms with E-state index in [1.54, 1.807) is 0 Å². The predicted octanol–water partition coefficient (Wildman–Crippen LogP) is 28.0. The molecule has 8 N–H and O–H groups in total. The number of hydrogen-bond donors (Lipinski definition) is 4. The first-order valence-electron chi connectivity index (χ1n) is 43.9. The molecule has 0 heterocycles. The normalized spacial score (nSPS) is 17.5. The molecule has 0 amide bonds. The molecule has 0 spiro atoms. The molecule has 0 saturated heterocycles. The number of hydrogen-bond acceptors (Lipinski definition) is 10. The monoisotopic (exact) mass is 2180 g/mol. The topological polar surface area (TPSA) is 228 Å². The zero-order valence-electron chi connectivity index (χ0n) is 83.8. The van der Waals surface area contributed by atoms with E-state index in [9.17, 15) is 20.4 Å². The molecule has 6 rings (SSSR count). The van der Waals surface area contributed by atoms with Crippen molar-refractivity contribution in [3.8, 4) is 23.0 Å². The Hall–Kier alpha value is -1.82. The van der Waals surface area contributed by atoms with Gasteiger partial charge in [-0.15, -0.1) is 0 Å². The summed E-state index contributed by atoms with van der Waals surface area (Å²) >= 11 is 0. The fourth-order valence-corrected chi connectivity index (χ4v) is 21.6. The molecule has 4 aromatic carbocycles. The van der Waals surface area contributed by atoms with E-state index in [0.29, 0.717) is 23.0 Å². The molecule has 4 radical (unpaired) electrons. The Morgan fingerprint density at radius 1 is 0.250 bits per heavy atom. The largest absolute Gasteiger partial charge is 0.507 e. The van der Waals surface area contributed by atoms with Gasteiger partial charge in [0.15, 0.2) is 0 Å². The Kier molecular flexibility index (Phi) is 46.5. The van der Waals surface area contributed by atoms with Crippen molar-refractivity contribution in [3.05, 3.63) is 125 Å². The van der Waals surface area contributed by atoms with E-state index in [-0.39, 0.29) is 243 Å². The fourth-order valence-electron chi connectivity index (χ4n) is 21.6. The zero-order chi connectivity index (χ0) is 88.2. The first-order chi connectivity index (χ1) is 51.0. The average molecular weight is 2180 g/mol. The molecule has 4 atom stereocenters. The van der Waals surface area contributed by atoms with Crippen molar-refractivity contribution in [1.29, 1.82) is 0 Å². The van der Waals surface area contributed by atoms with Gasteiger partial charge in [-0.3, -0.25) is 20.0 Å². The summed E-state index contributed by atoms with van der Waals surface area (Å²) in [5.41, 5.74) is 12.0. The van der Waals surface area contributed by atoms with Crippen molar-refractivity contribution in [2.45, 2.75) is 447 Å². The second-order valence-corrected chi connectivity index (χ2v) is 50.8. The van der Waals surface area contributed by atoms with Crippen molar-refractivity contribution < 1.29 is 153 Å². The minimum Gasteiger partial charge on any atom is -0.507 e. The third kappa shape index (κ3) is 38.5. The summed E-state index contributed by atoms with van der Waals surface area (Å²) in [6.45, 7) is 91.9. The molecule has 4 aromatic rings. The van der Waals surface area contributed by atoms with Crippen LogP contribution in [0, 0.1) is 141 Å². The Morgan fingerprint density at radius 3 is 0.500 bits per heavy atom. The number of nitrogens with zero attached hydrogens (tertiary/aromatic N) is 4. The standard InChI is InChI=1S/2C52H86N2O2.2Ac.2Co.O2.2H2O/c2*1-45(2,3)31-49(13,14)37-25-35(43(55)39(27-37)51(17,18)33-47(7,8)9)29-53-41-23-21-22-24-42(41)54-30-36-26-38(50(15,16)32-46(4,5)6)28-40(44(36)56)52(19,20)34-48(10,11)12;;;;;1-2;;/h2*25-30,41-42,55-56H,21-24,31-34H2,1-20H3;;;;;;2*1H2/t2*41-,42-;;;;;;;/m00......./s1. The molecule has 0 aliphatic heterocycles. The van der Waals surface area contributed by atoms with Crippen LogP contribution in [0.4, 0.5) is 0 Å². The number of aliphatic imine (C=N–C) groups is 4. The second kappa shape index (κ2) is 45.6. The van der Waals surface area contributed by atoms with E-state index >= 15 is 0 Å². The molecule has 0 unspecified atom stereocenters. The molecule has 120 heavy (non-hydrogen) atoms. The molecule has 684 valence electrons. The third-order valence-electron chi connectivity index (χ3n) is 23.4. The zero-order valence-corrected chi connectivity index (χ0v) is 95.3. The third-order valence-corrected chi connectivity index (χ3v) is 23.4. The second-order valence-electron chi connectivity index (χ2n) is 50.8.